The molecule has 1 N–H and O–H groups in total. The molecule has 0 fully saturated rings. The van der Waals surface area contributed by atoms with Gasteiger partial charge in [-0.3, -0.25) is 9.78 Å². The first kappa shape index (κ1) is 14.9. The highest BCUT2D eigenvalue weighted by Gasteiger charge is 2.05. The second kappa shape index (κ2) is 6.83. The standard InChI is InChI=1S/C19H17N3O/c1-2-14-8-10-18(20-12-14)19(23)22-21-13-15-7-9-16-5-3-4-6-17(16)11-15/h3-13H,2H2,1H3,(H,22,23)/b21-13+. The van der Waals surface area contributed by atoms with Crippen LogP contribution in [0.15, 0.2) is 65.9 Å². The molecule has 0 unspecified atom stereocenters. The number of amides is 1. The average Bonchev–Trinajstić information content (AvgIpc) is 2.61. The Bertz CT molecular complexity index is 854. The minimum atomic E-state index is -0.315. The fourth-order valence-corrected chi connectivity index (χ4v) is 2.28. The molecule has 0 radical (unpaired) electrons. The van der Waals surface area contributed by atoms with Crippen molar-refractivity contribution in [2.24, 2.45) is 5.10 Å². The van der Waals surface area contributed by atoms with Crippen molar-refractivity contribution in [3.05, 3.63) is 77.6 Å². The highest BCUT2D eigenvalue weighted by molar-refractivity contribution is 5.94. The maximum atomic E-state index is 12.0. The number of hydrazone groups is 1. The summed E-state index contributed by atoms with van der Waals surface area (Å²) in [4.78, 5) is 16.1. The molecule has 0 aliphatic carbocycles. The molecule has 0 saturated heterocycles. The summed E-state index contributed by atoms with van der Waals surface area (Å²) >= 11 is 0. The highest BCUT2D eigenvalue weighted by atomic mass is 16.2. The Labute approximate surface area is 134 Å². The van der Waals surface area contributed by atoms with E-state index < -0.39 is 0 Å². The molecule has 3 aromatic rings. The van der Waals surface area contributed by atoms with Crippen molar-refractivity contribution < 1.29 is 4.79 Å². The van der Waals surface area contributed by atoms with E-state index in [1.165, 1.54) is 5.39 Å². The van der Waals surface area contributed by atoms with Gasteiger partial charge in [0.1, 0.15) is 5.69 Å². The van der Waals surface area contributed by atoms with E-state index in [1.807, 2.05) is 49.4 Å². The lowest BCUT2D eigenvalue weighted by atomic mass is 10.1. The molecule has 4 heteroatoms. The molecule has 1 aromatic heterocycles. The molecule has 0 atom stereocenters. The number of hydrogen-bond acceptors (Lipinski definition) is 3. The number of benzene rings is 2. The fraction of sp³-hybridized carbons (Fsp3) is 0.105. The number of nitrogens with zero attached hydrogens (tertiary/aromatic N) is 2. The average molecular weight is 303 g/mol. The topological polar surface area (TPSA) is 54.4 Å². The van der Waals surface area contributed by atoms with Crippen molar-refractivity contribution in [1.82, 2.24) is 10.4 Å². The van der Waals surface area contributed by atoms with Crippen LogP contribution in [-0.4, -0.2) is 17.1 Å². The molecule has 1 heterocycles. The summed E-state index contributed by atoms with van der Waals surface area (Å²) in [6.07, 6.45) is 4.24. The Hall–Kier alpha value is -3.01. The minimum Gasteiger partial charge on any atom is -0.266 e. The molecular formula is C19H17N3O. The van der Waals surface area contributed by atoms with Crippen molar-refractivity contribution in [2.45, 2.75) is 13.3 Å². The van der Waals surface area contributed by atoms with Gasteiger partial charge in [-0.2, -0.15) is 5.10 Å². The van der Waals surface area contributed by atoms with E-state index >= 15 is 0 Å². The second-order valence-corrected chi connectivity index (χ2v) is 5.21. The Kier molecular flexibility index (Phi) is 4.43. The number of carbonyl (C=O) groups excluding carboxylic acids is 1. The van der Waals surface area contributed by atoms with E-state index in [2.05, 4.69) is 21.6 Å². The van der Waals surface area contributed by atoms with Crippen LogP contribution in [0.2, 0.25) is 0 Å². The molecular weight excluding hydrogens is 286 g/mol. The van der Waals surface area contributed by atoms with Gasteiger partial charge in [0.15, 0.2) is 0 Å². The molecule has 4 nitrogen and oxygen atoms in total. The Morgan fingerprint density at radius 1 is 1.13 bits per heavy atom. The first-order chi connectivity index (χ1) is 11.3. The van der Waals surface area contributed by atoms with Gasteiger partial charge in [0, 0.05) is 6.20 Å². The van der Waals surface area contributed by atoms with Crippen LogP contribution >= 0.6 is 0 Å². The quantitative estimate of drug-likeness (QED) is 0.592. The lowest BCUT2D eigenvalue weighted by Crippen LogP contribution is -2.18. The molecule has 114 valence electrons. The number of pyridine rings is 1. The maximum absolute atomic E-state index is 12.0. The number of aryl methyl sites for hydroxylation is 1. The number of nitrogens with one attached hydrogen (secondary N) is 1. The summed E-state index contributed by atoms with van der Waals surface area (Å²) in [7, 11) is 0. The van der Waals surface area contributed by atoms with Gasteiger partial charge in [0.2, 0.25) is 0 Å². The van der Waals surface area contributed by atoms with Crippen molar-refractivity contribution in [1.29, 1.82) is 0 Å². The molecule has 0 bridgehead atoms. The van der Waals surface area contributed by atoms with Crippen LogP contribution in [0.4, 0.5) is 0 Å². The number of carbonyl (C=O) groups is 1. The summed E-state index contributed by atoms with van der Waals surface area (Å²) in [5, 5.41) is 6.32. The van der Waals surface area contributed by atoms with E-state index in [9.17, 15) is 4.79 Å². The van der Waals surface area contributed by atoms with Crippen molar-refractivity contribution in [3.63, 3.8) is 0 Å². The van der Waals surface area contributed by atoms with Crippen LogP contribution in [0.5, 0.6) is 0 Å². The van der Waals surface area contributed by atoms with Gasteiger partial charge in [-0.25, -0.2) is 5.43 Å². The molecule has 3 rings (SSSR count). The largest absolute Gasteiger partial charge is 0.289 e. The molecule has 0 aliphatic heterocycles. The van der Waals surface area contributed by atoms with Gasteiger partial charge in [0.05, 0.1) is 6.21 Å². The van der Waals surface area contributed by atoms with Gasteiger partial charge in [-0.15, -0.1) is 0 Å². The predicted molar refractivity (Wildman–Crippen MR) is 92.6 cm³/mol. The molecule has 2 aromatic carbocycles. The fourth-order valence-electron chi connectivity index (χ4n) is 2.28. The van der Waals surface area contributed by atoms with Crippen LogP contribution in [0.3, 0.4) is 0 Å². The zero-order valence-corrected chi connectivity index (χ0v) is 12.9. The van der Waals surface area contributed by atoms with E-state index in [-0.39, 0.29) is 5.91 Å². The Balaban J connectivity index is 1.68. The van der Waals surface area contributed by atoms with Crippen molar-refractivity contribution in [2.75, 3.05) is 0 Å². The zero-order chi connectivity index (χ0) is 16.1. The molecule has 1 amide bonds. The molecule has 0 spiro atoms. The van der Waals surface area contributed by atoms with E-state index in [0.717, 1.165) is 22.9 Å². The van der Waals surface area contributed by atoms with E-state index in [0.29, 0.717) is 5.69 Å². The van der Waals surface area contributed by atoms with E-state index in [1.54, 1.807) is 18.5 Å². The smallest absolute Gasteiger partial charge is 0.266 e. The third kappa shape index (κ3) is 3.61. The monoisotopic (exact) mass is 303 g/mol. The van der Waals surface area contributed by atoms with Gasteiger partial charge >= 0.3 is 0 Å². The van der Waals surface area contributed by atoms with Crippen LogP contribution in [-0.2, 0) is 6.42 Å². The van der Waals surface area contributed by atoms with Crippen molar-refractivity contribution in [3.8, 4) is 0 Å². The maximum Gasteiger partial charge on any atom is 0.289 e. The SMILES string of the molecule is CCc1ccc(C(=O)N/N=C/c2ccc3ccccc3c2)nc1. The molecule has 0 saturated carbocycles. The predicted octanol–water partition coefficient (Wildman–Crippen LogP) is 3.56. The third-order valence-electron chi connectivity index (χ3n) is 3.62. The summed E-state index contributed by atoms with van der Waals surface area (Å²) < 4.78 is 0. The summed E-state index contributed by atoms with van der Waals surface area (Å²) in [6, 6.07) is 17.7. The highest BCUT2D eigenvalue weighted by Crippen LogP contribution is 2.14. The number of rotatable bonds is 4. The Morgan fingerprint density at radius 2 is 1.96 bits per heavy atom. The van der Waals surface area contributed by atoms with Gasteiger partial charge in [0.25, 0.3) is 5.91 Å². The number of fused-ring (bicyclic) bond motifs is 1. The zero-order valence-electron chi connectivity index (χ0n) is 12.9. The van der Waals surface area contributed by atoms with Gasteiger partial charge in [-0.1, -0.05) is 49.4 Å². The minimum absolute atomic E-state index is 0.315. The van der Waals surface area contributed by atoms with Gasteiger partial charge in [-0.05, 0) is 40.5 Å². The van der Waals surface area contributed by atoms with Crippen LogP contribution in [0.25, 0.3) is 10.8 Å². The van der Waals surface area contributed by atoms with Crippen LogP contribution < -0.4 is 5.43 Å². The number of hydrogen-bond donors (Lipinski definition) is 1. The number of aromatic nitrogens is 1. The lowest BCUT2D eigenvalue weighted by Gasteiger charge is -2.01. The van der Waals surface area contributed by atoms with Crippen molar-refractivity contribution >= 4 is 22.9 Å². The molecule has 23 heavy (non-hydrogen) atoms. The summed E-state index contributed by atoms with van der Waals surface area (Å²) in [5.74, 6) is -0.315. The van der Waals surface area contributed by atoms with E-state index in [4.69, 9.17) is 0 Å². The third-order valence-corrected chi connectivity index (χ3v) is 3.62. The Morgan fingerprint density at radius 3 is 2.70 bits per heavy atom. The summed E-state index contributed by atoms with van der Waals surface area (Å²) in [5.41, 5.74) is 4.89. The summed E-state index contributed by atoms with van der Waals surface area (Å²) in [6.45, 7) is 2.05. The molecule has 0 aliphatic rings. The lowest BCUT2D eigenvalue weighted by molar-refractivity contribution is 0.0950. The van der Waals surface area contributed by atoms with Gasteiger partial charge < -0.3 is 0 Å². The first-order valence-corrected chi connectivity index (χ1v) is 7.53. The normalized spacial score (nSPS) is 11.0. The second-order valence-electron chi connectivity index (χ2n) is 5.21. The van der Waals surface area contributed by atoms with Crippen LogP contribution in [0, 0.1) is 0 Å². The first-order valence-electron chi connectivity index (χ1n) is 7.53. The van der Waals surface area contributed by atoms with Crippen LogP contribution in [0.1, 0.15) is 28.5 Å².